The first kappa shape index (κ1) is 20.1. The number of carbonyl (C=O) groups excluding carboxylic acids is 2. The van der Waals surface area contributed by atoms with Crippen LogP contribution in [-0.2, 0) is 16.1 Å². The van der Waals surface area contributed by atoms with Gasteiger partial charge in [0.25, 0.3) is 5.91 Å². The highest BCUT2D eigenvalue weighted by Crippen LogP contribution is 2.43. The highest BCUT2D eigenvalue weighted by atomic mass is 19.4. The quantitative estimate of drug-likeness (QED) is 0.757. The molecule has 3 heterocycles. The number of amides is 3. The van der Waals surface area contributed by atoms with E-state index in [2.05, 4.69) is 15.3 Å². The van der Waals surface area contributed by atoms with Crippen molar-refractivity contribution in [3.8, 4) is 11.8 Å². The van der Waals surface area contributed by atoms with E-state index in [1.54, 1.807) is 13.8 Å². The molecular weight excluding hydrogens is 405 g/mol. The lowest BCUT2D eigenvalue weighted by Crippen LogP contribution is -2.43. The minimum atomic E-state index is -4.53. The Morgan fingerprint density at radius 2 is 2.00 bits per heavy atom. The van der Waals surface area contributed by atoms with Gasteiger partial charge in [0.2, 0.25) is 0 Å². The molecule has 3 amide bonds. The molecule has 1 saturated heterocycles. The number of aromatic nitrogens is 2. The number of fused-ring (bicyclic) bond motifs is 1. The molecule has 0 spiro atoms. The molecule has 158 valence electrons. The van der Waals surface area contributed by atoms with Gasteiger partial charge in [-0.25, -0.2) is 19.7 Å². The van der Waals surface area contributed by atoms with E-state index in [1.807, 2.05) is 0 Å². The summed E-state index contributed by atoms with van der Waals surface area (Å²) in [6.07, 6.45) is -3.66. The van der Waals surface area contributed by atoms with E-state index in [-0.39, 0.29) is 29.6 Å². The zero-order valence-electron chi connectivity index (χ0n) is 16.0. The largest absolute Gasteiger partial charge is 0.424 e. The Morgan fingerprint density at radius 3 is 2.60 bits per heavy atom. The summed E-state index contributed by atoms with van der Waals surface area (Å²) in [5, 5.41) is 2.62. The Kier molecular flexibility index (Phi) is 4.64. The molecule has 2 aromatic rings. The van der Waals surface area contributed by atoms with Crippen molar-refractivity contribution in [1.82, 2.24) is 15.3 Å². The van der Waals surface area contributed by atoms with Gasteiger partial charge in [0.1, 0.15) is 11.3 Å². The standard InChI is InChI=1S/C19H17F3N4O4/c1-3-18(2)15(27)26(17(28)25-18)11-7-23-16(24-8-11)30-12-5-4-10-9-29-14(13(10)6-12)19(20,21)22/h4-8,14H,3,9H2,1-2H3,(H,25,28)/t14-,18-/m1/s1. The average Bonchev–Trinajstić information content (AvgIpc) is 3.21. The first-order valence-electron chi connectivity index (χ1n) is 9.10. The predicted molar refractivity (Wildman–Crippen MR) is 96.8 cm³/mol. The number of urea groups is 1. The van der Waals surface area contributed by atoms with Crippen molar-refractivity contribution in [3.63, 3.8) is 0 Å². The number of halogens is 3. The van der Waals surface area contributed by atoms with Crippen molar-refractivity contribution in [2.24, 2.45) is 0 Å². The average molecular weight is 422 g/mol. The first-order chi connectivity index (χ1) is 14.1. The van der Waals surface area contributed by atoms with Crippen molar-refractivity contribution in [3.05, 3.63) is 41.7 Å². The van der Waals surface area contributed by atoms with Crippen LogP contribution in [0.3, 0.4) is 0 Å². The molecule has 1 fully saturated rings. The van der Waals surface area contributed by atoms with Gasteiger partial charge < -0.3 is 14.8 Å². The molecule has 30 heavy (non-hydrogen) atoms. The van der Waals surface area contributed by atoms with Crippen LogP contribution in [0.25, 0.3) is 0 Å². The van der Waals surface area contributed by atoms with Gasteiger partial charge in [-0.2, -0.15) is 13.2 Å². The van der Waals surface area contributed by atoms with Crippen molar-refractivity contribution >= 4 is 17.6 Å². The number of anilines is 1. The fraction of sp³-hybridized carbons (Fsp3) is 0.368. The summed E-state index contributed by atoms with van der Waals surface area (Å²) >= 11 is 0. The SMILES string of the molecule is CC[C@@]1(C)NC(=O)N(c2cnc(Oc3ccc4c(c3)[C@H](C(F)(F)F)OC4)nc2)C1=O. The molecule has 0 saturated carbocycles. The zero-order valence-corrected chi connectivity index (χ0v) is 16.0. The molecule has 8 nitrogen and oxygen atoms in total. The topological polar surface area (TPSA) is 93.7 Å². The molecule has 0 radical (unpaired) electrons. The fourth-order valence-electron chi connectivity index (χ4n) is 3.29. The van der Waals surface area contributed by atoms with E-state index in [4.69, 9.17) is 9.47 Å². The van der Waals surface area contributed by atoms with Gasteiger partial charge >= 0.3 is 18.2 Å². The van der Waals surface area contributed by atoms with Crippen LogP contribution < -0.4 is 15.0 Å². The smallest absolute Gasteiger partial charge is 0.418 e. The lowest BCUT2D eigenvalue weighted by Gasteiger charge is -2.19. The summed E-state index contributed by atoms with van der Waals surface area (Å²) in [4.78, 5) is 33.5. The normalized spacial score (nSPS) is 23.5. The Morgan fingerprint density at radius 1 is 1.30 bits per heavy atom. The molecule has 0 bridgehead atoms. The lowest BCUT2D eigenvalue weighted by molar-refractivity contribution is -0.219. The van der Waals surface area contributed by atoms with Crippen molar-refractivity contribution < 1.29 is 32.2 Å². The van der Waals surface area contributed by atoms with Crippen LogP contribution in [0, 0.1) is 0 Å². The van der Waals surface area contributed by atoms with Crippen LogP contribution in [-0.4, -0.2) is 33.6 Å². The summed E-state index contributed by atoms with van der Waals surface area (Å²) in [5.41, 5.74) is -0.442. The monoisotopic (exact) mass is 422 g/mol. The van der Waals surface area contributed by atoms with Crippen LogP contribution in [0.15, 0.2) is 30.6 Å². The molecule has 0 aliphatic carbocycles. The number of hydrogen-bond acceptors (Lipinski definition) is 6. The van der Waals surface area contributed by atoms with E-state index >= 15 is 0 Å². The van der Waals surface area contributed by atoms with E-state index in [1.165, 1.54) is 30.6 Å². The summed E-state index contributed by atoms with van der Waals surface area (Å²) in [7, 11) is 0. The second-order valence-electron chi connectivity index (χ2n) is 7.18. The third kappa shape index (κ3) is 3.34. The molecule has 4 rings (SSSR count). The van der Waals surface area contributed by atoms with Gasteiger partial charge in [0, 0.05) is 0 Å². The van der Waals surface area contributed by atoms with Crippen LogP contribution in [0.4, 0.5) is 23.7 Å². The summed E-state index contributed by atoms with van der Waals surface area (Å²) in [6, 6.07) is 3.48. The molecule has 1 aromatic carbocycles. The summed E-state index contributed by atoms with van der Waals surface area (Å²) in [5.74, 6) is -0.320. The number of hydrogen-bond donors (Lipinski definition) is 1. The molecule has 1 aromatic heterocycles. The Hall–Kier alpha value is -3.21. The number of nitrogens with zero attached hydrogens (tertiary/aromatic N) is 3. The first-order valence-corrected chi connectivity index (χ1v) is 9.10. The number of carbonyl (C=O) groups is 2. The van der Waals surface area contributed by atoms with Crippen LogP contribution in [0.5, 0.6) is 11.8 Å². The van der Waals surface area contributed by atoms with Crippen molar-refractivity contribution in [1.29, 1.82) is 0 Å². The van der Waals surface area contributed by atoms with E-state index in [9.17, 15) is 22.8 Å². The number of rotatable bonds is 4. The zero-order chi connectivity index (χ0) is 21.7. The maximum atomic E-state index is 13.1. The van der Waals surface area contributed by atoms with Gasteiger partial charge in [-0.05, 0) is 36.6 Å². The van der Waals surface area contributed by atoms with Gasteiger partial charge in [-0.3, -0.25) is 4.79 Å². The molecule has 2 aliphatic heterocycles. The van der Waals surface area contributed by atoms with Crippen molar-refractivity contribution in [2.75, 3.05) is 4.90 Å². The van der Waals surface area contributed by atoms with Gasteiger partial charge in [-0.15, -0.1) is 0 Å². The third-order valence-electron chi connectivity index (χ3n) is 5.15. The van der Waals surface area contributed by atoms with Crippen LogP contribution in [0.2, 0.25) is 0 Å². The van der Waals surface area contributed by atoms with Gasteiger partial charge in [-0.1, -0.05) is 13.0 Å². The summed E-state index contributed by atoms with van der Waals surface area (Å²) < 4.78 is 49.5. The Bertz CT molecular complexity index is 1010. The number of imide groups is 1. The lowest BCUT2D eigenvalue weighted by atomic mass is 9.99. The molecule has 2 atom stereocenters. The Labute approximate surface area is 169 Å². The number of ether oxygens (including phenoxy) is 2. The number of nitrogens with one attached hydrogen (secondary N) is 1. The highest BCUT2D eigenvalue weighted by Gasteiger charge is 2.48. The molecular formula is C19H17F3N4O4. The van der Waals surface area contributed by atoms with E-state index in [0.29, 0.717) is 12.0 Å². The molecule has 11 heteroatoms. The van der Waals surface area contributed by atoms with E-state index in [0.717, 1.165) is 4.90 Å². The minimum absolute atomic E-state index is 0.0187. The fourth-order valence-corrected chi connectivity index (χ4v) is 3.29. The number of benzene rings is 1. The molecule has 1 N–H and O–H groups in total. The third-order valence-corrected chi connectivity index (χ3v) is 5.15. The highest BCUT2D eigenvalue weighted by molar-refractivity contribution is 6.23. The second kappa shape index (κ2) is 6.94. The van der Waals surface area contributed by atoms with Crippen LogP contribution >= 0.6 is 0 Å². The maximum absolute atomic E-state index is 13.1. The molecule has 2 aliphatic rings. The predicted octanol–water partition coefficient (Wildman–Crippen LogP) is 3.63. The minimum Gasteiger partial charge on any atom is -0.424 e. The van der Waals surface area contributed by atoms with Gasteiger partial charge in [0.15, 0.2) is 6.10 Å². The number of alkyl halides is 3. The van der Waals surface area contributed by atoms with Gasteiger partial charge in [0.05, 0.1) is 24.7 Å². The van der Waals surface area contributed by atoms with Crippen molar-refractivity contribution in [2.45, 2.75) is 44.7 Å². The Balaban J connectivity index is 1.53. The van der Waals surface area contributed by atoms with Crippen LogP contribution in [0.1, 0.15) is 37.5 Å². The second-order valence-corrected chi connectivity index (χ2v) is 7.18. The maximum Gasteiger partial charge on any atom is 0.418 e. The van der Waals surface area contributed by atoms with E-state index < -0.39 is 29.8 Å². The molecule has 0 unspecified atom stereocenters. The summed E-state index contributed by atoms with van der Waals surface area (Å²) in [6.45, 7) is 3.27.